The van der Waals surface area contributed by atoms with E-state index in [1.165, 1.54) is 0 Å². The molecule has 1 aromatic rings. The Kier molecular flexibility index (Phi) is 6.24. The van der Waals surface area contributed by atoms with Gasteiger partial charge in [-0.3, -0.25) is 19.8 Å². The molecular formula is C21H30N4O4. The van der Waals surface area contributed by atoms with Crippen molar-refractivity contribution >= 4 is 23.5 Å². The van der Waals surface area contributed by atoms with E-state index < -0.39 is 5.97 Å². The zero-order valence-electron chi connectivity index (χ0n) is 17.2. The number of piperidine rings is 1. The van der Waals surface area contributed by atoms with E-state index in [2.05, 4.69) is 36.9 Å². The van der Waals surface area contributed by atoms with E-state index in [1.807, 2.05) is 0 Å². The molecule has 0 aliphatic carbocycles. The number of rotatable bonds is 4. The molecule has 2 unspecified atom stereocenters. The fourth-order valence-electron chi connectivity index (χ4n) is 3.73. The minimum absolute atomic E-state index is 0.0585. The Balaban J connectivity index is 1.53. The van der Waals surface area contributed by atoms with Gasteiger partial charge in [0.1, 0.15) is 6.04 Å². The summed E-state index contributed by atoms with van der Waals surface area (Å²) in [5.74, 6) is -1.38. The molecular weight excluding hydrogens is 372 g/mol. The van der Waals surface area contributed by atoms with Gasteiger partial charge in [0.05, 0.1) is 5.92 Å². The lowest BCUT2D eigenvalue weighted by Crippen LogP contribution is -2.42. The zero-order chi connectivity index (χ0) is 21.2. The molecule has 2 saturated heterocycles. The number of amides is 2. The van der Waals surface area contributed by atoms with Gasteiger partial charge in [-0.1, -0.05) is 20.8 Å². The molecule has 0 bridgehead atoms. The number of nitrogens with one attached hydrogen (secondary N) is 3. The van der Waals surface area contributed by atoms with Crippen LogP contribution in [0, 0.1) is 11.3 Å². The van der Waals surface area contributed by atoms with E-state index in [4.69, 9.17) is 5.11 Å². The van der Waals surface area contributed by atoms with Crippen molar-refractivity contribution in [1.29, 1.82) is 0 Å². The molecule has 0 aromatic heterocycles. The van der Waals surface area contributed by atoms with Crippen molar-refractivity contribution in [2.75, 3.05) is 18.4 Å². The summed E-state index contributed by atoms with van der Waals surface area (Å²) >= 11 is 0. The van der Waals surface area contributed by atoms with Gasteiger partial charge in [0.25, 0.3) is 5.91 Å². The van der Waals surface area contributed by atoms with Crippen molar-refractivity contribution in [3.8, 4) is 0 Å². The number of benzene rings is 1. The van der Waals surface area contributed by atoms with Crippen LogP contribution in [0.25, 0.3) is 0 Å². The number of nitrogens with zero attached hydrogens (tertiary/aromatic N) is 1. The van der Waals surface area contributed by atoms with Gasteiger partial charge in [0, 0.05) is 30.4 Å². The Morgan fingerprint density at radius 2 is 1.69 bits per heavy atom. The molecule has 0 radical (unpaired) electrons. The molecule has 1 aromatic carbocycles. The summed E-state index contributed by atoms with van der Waals surface area (Å²) in [6.45, 7) is 7.29. The van der Waals surface area contributed by atoms with E-state index in [-0.39, 0.29) is 35.2 Å². The summed E-state index contributed by atoms with van der Waals surface area (Å²) in [6, 6.07) is 6.73. The SMILES string of the molecule is CC(C)(C)C1CC(C(=O)Nc2ccc(C(=O)N3CCC(C(=O)O)CC3)cc2)NN1. The molecule has 29 heavy (non-hydrogen) atoms. The van der Waals surface area contributed by atoms with Crippen molar-refractivity contribution in [2.24, 2.45) is 11.3 Å². The highest BCUT2D eigenvalue weighted by Crippen LogP contribution is 2.26. The lowest BCUT2D eigenvalue weighted by Gasteiger charge is -2.30. The fraction of sp³-hybridized carbons (Fsp3) is 0.571. The molecule has 2 fully saturated rings. The van der Waals surface area contributed by atoms with E-state index in [1.54, 1.807) is 29.2 Å². The second-order valence-electron chi connectivity index (χ2n) is 8.97. The third kappa shape index (κ3) is 5.13. The zero-order valence-corrected chi connectivity index (χ0v) is 17.2. The molecule has 2 heterocycles. The first kappa shape index (κ1) is 21.3. The van der Waals surface area contributed by atoms with Crippen LogP contribution in [0.1, 0.15) is 50.4 Å². The molecule has 3 rings (SSSR count). The van der Waals surface area contributed by atoms with E-state index in [9.17, 15) is 14.4 Å². The molecule has 4 N–H and O–H groups in total. The molecule has 2 aliphatic rings. The fourth-order valence-corrected chi connectivity index (χ4v) is 3.73. The largest absolute Gasteiger partial charge is 0.481 e. The van der Waals surface area contributed by atoms with Crippen LogP contribution < -0.4 is 16.2 Å². The quantitative estimate of drug-likeness (QED) is 0.612. The Bertz CT molecular complexity index is 764. The number of hydrogen-bond donors (Lipinski definition) is 4. The van der Waals surface area contributed by atoms with E-state index in [0.717, 1.165) is 0 Å². The molecule has 2 amide bonds. The second kappa shape index (κ2) is 8.51. The number of carbonyl (C=O) groups excluding carboxylic acids is 2. The van der Waals surface area contributed by atoms with Crippen molar-refractivity contribution in [2.45, 2.75) is 52.1 Å². The first-order valence-electron chi connectivity index (χ1n) is 10.1. The molecule has 158 valence electrons. The maximum absolute atomic E-state index is 12.6. The number of carboxylic acid groups (broad SMARTS) is 1. The van der Waals surface area contributed by atoms with Crippen LogP contribution in [0.4, 0.5) is 5.69 Å². The first-order chi connectivity index (χ1) is 13.6. The summed E-state index contributed by atoms with van der Waals surface area (Å²) in [4.78, 5) is 37.9. The Labute approximate surface area is 171 Å². The Morgan fingerprint density at radius 3 is 2.21 bits per heavy atom. The lowest BCUT2D eigenvalue weighted by atomic mass is 9.84. The molecule has 8 nitrogen and oxygen atoms in total. The molecule has 0 saturated carbocycles. The number of aliphatic carboxylic acids is 1. The van der Waals surface area contributed by atoms with Gasteiger partial charge in [-0.25, -0.2) is 5.43 Å². The van der Waals surface area contributed by atoms with Crippen LogP contribution >= 0.6 is 0 Å². The van der Waals surface area contributed by atoms with Gasteiger partial charge in [-0.15, -0.1) is 0 Å². The standard InChI is InChI=1S/C21H30N4O4/c1-21(2,3)17-12-16(23-24-17)18(26)22-15-6-4-13(5-7-15)19(27)25-10-8-14(9-11-25)20(28)29/h4-7,14,16-17,23-24H,8-12H2,1-3H3,(H,22,26)(H,28,29). The highest BCUT2D eigenvalue weighted by molar-refractivity contribution is 5.97. The molecule has 8 heteroatoms. The summed E-state index contributed by atoms with van der Waals surface area (Å²) in [6.07, 6.45) is 1.67. The number of anilines is 1. The smallest absolute Gasteiger partial charge is 0.306 e. The van der Waals surface area contributed by atoms with Crippen LogP contribution in [0.5, 0.6) is 0 Å². The van der Waals surface area contributed by atoms with Gasteiger partial charge in [0.2, 0.25) is 5.91 Å². The maximum atomic E-state index is 12.6. The Hall–Kier alpha value is -2.45. The van der Waals surface area contributed by atoms with Gasteiger partial charge >= 0.3 is 5.97 Å². The van der Waals surface area contributed by atoms with Crippen LogP contribution in [-0.2, 0) is 9.59 Å². The highest BCUT2D eigenvalue weighted by atomic mass is 16.4. The third-order valence-electron chi connectivity index (χ3n) is 5.80. The average Bonchev–Trinajstić information content (AvgIpc) is 3.19. The van der Waals surface area contributed by atoms with Crippen molar-refractivity contribution < 1.29 is 19.5 Å². The van der Waals surface area contributed by atoms with Gasteiger partial charge in [-0.2, -0.15) is 0 Å². The predicted octanol–water partition coefficient (Wildman–Crippen LogP) is 1.84. The van der Waals surface area contributed by atoms with Crippen molar-refractivity contribution in [3.05, 3.63) is 29.8 Å². The predicted molar refractivity (Wildman–Crippen MR) is 109 cm³/mol. The summed E-state index contributed by atoms with van der Waals surface area (Å²) in [7, 11) is 0. The highest BCUT2D eigenvalue weighted by Gasteiger charge is 2.35. The van der Waals surface area contributed by atoms with Gasteiger partial charge < -0.3 is 15.3 Å². The van der Waals surface area contributed by atoms with Gasteiger partial charge in [0.15, 0.2) is 0 Å². The van der Waals surface area contributed by atoms with E-state index >= 15 is 0 Å². The molecule has 0 spiro atoms. The monoisotopic (exact) mass is 402 g/mol. The van der Waals surface area contributed by atoms with Crippen LogP contribution in [0.15, 0.2) is 24.3 Å². The number of hydrazine groups is 1. The number of likely N-dealkylation sites (tertiary alicyclic amines) is 1. The van der Waals surface area contributed by atoms with Crippen LogP contribution in [0.2, 0.25) is 0 Å². The van der Waals surface area contributed by atoms with Gasteiger partial charge in [-0.05, 0) is 48.9 Å². The summed E-state index contributed by atoms with van der Waals surface area (Å²) < 4.78 is 0. The lowest BCUT2D eigenvalue weighted by molar-refractivity contribution is -0.143. The average molecular weight is 402 g/mol. The minimum atomic E-state index is -0.794. The second-order valence-corrected chi connectivity index (χ2v) is 8.97. The van der Waals surface area contributed by atoms with Crippen molar-refractivity contribution in [3.63, 3.8) is 0 Å². The molecule has 2 atom stereocenters. The van der Waals surface area contributed by atoms with Crippen LogP contribution in [-0.4, -0.2) is 53.0 Å². The maximum Gasteiger partial charge on any atom is 0.306 e. The summed E-state index contributed by atoms with van der Waals surface area (Å²) in [5, 5.41) is 12.0. The normalized spacial score (nSPS) is 23.1. The third-order valence-corrected chi connectivity index (χ3v) is 5.80. The van der Waals surface area contributed by atoms with Crippen LogP contribution in [0.3, 0.4) is 0 Å². The first-order valence-corrected chi connectivity index (χ1v) is 10.1. The van der Waals surface area contributed by atoms with E-state index in [0.29, 0.717) is 43.6 Å². The minimum Gasteiger partial charge on any atom is -0.481 e. The summed E-state index contributed by atoms with van der Waals surface area (Å²) in [5.41, 5.74) is 7.47. The number of carbonyl (C=O) groups is 3. The topological polar surface area (TPSA) is 111 Å². The molecule has 2 aliphatic heterocycles. The van der Waals surface area contributed by atoms with Crippen molar-refractivity contribution in [1.82, 2.24) is 15.8 Å². The number of hydrogen-bond acceptors (Lipinski definition) is 5. The Morgan fingerprint density at radius 1 is 1.07 bits per heavy atom. The number of carboxylic acids is 1.